The number of benzene rings is 3. The predicted molar refractivity (Wildman–Crippen MR) is 246 cm³/mol. The maximum absolute atomic E-state index is 10.7. The van der Waals surface area contributed by atoms with Gasteiger partial charge in [-0.15, -0.1) is 0 Å². The summed E-state index contributed by atoms with van der Waals surface area (Å²) in [5, 5.41) is 0. The Labute approximate surface area is 425 Å². The largest absolute Gasteiger partial charge is 0.487 e. The zero-order valence-corrected chi connectivity index (χ0v) is 42.5. The van der Waals surface area contributed by atoms with Gasteiger partial charge in [-0.1, -0.05) is 48.5 Å². The summed E-state index contributed by atoms with van der Waals surface area (Å²) in [4.78, 5) is 0. The van der Waals surface area contributed by atoms with Crippen molar-refractivity contribution in [3.05, 3.63) is 182 Å². The summed E-state index contributed by atoms with van der Waals surface area (Å²) >= 11 is 0. The third-order valence-electron chi connectivity index (χ3n) is 9.26. The van der Waals surface area contributed by atoms with Gasteiger partial charge in [0, 0.05) is 59.7 Å². The molecule has 3 aromatic carbocycles. The number of hydrogen-bond donors (Lipinski definition) is 0. The van der Waals surface area contributed by atoms with E-state index < -0.39 is 31.2 Å². The molecule has 23 heterocycles. The molecular weight excluding hydrogens is 1200 g/mol. The molecule has 7 aromatic rings. The van der Waals surface area contributed by atoms with Gasteiger partial charge in [0.1, 0.15) is 24.7 Å². The van der Waals surface area contributed by atoms with Gasteiger partial charge in [0.2, 0.25) is 0 Å². The molecule has 0 N–H and O–H groups in total. The molecule has 436 valence electrons. The summed E-state index contributed by atoms with van der Waals surface area (Å²) in [5.41, 5.74) is 9.77. The Bertz CT molecular complexity index is 2800. The molecule has 6 nitrogen and oxygen atoms in total. The van der Waals surface area contributed by atoms with Crippen molar-refractivity contribution in [2.24, 2.45) is 0 Å². The minimum Gasteiger partial charge on any atom is -0.487 e. The fraction of sp³-hybridized carbons (Fsp3) is 0.136. The molecule has 0 radical (unpaired) electrons. The third-order valence-corrected chi connectivity index (χ3v) is 9.26. The van der Waals surface area contributed by atoms with Gasteiger partial charge in [0.05, 0.1) is 0 Å². The topological polar surface area (TPSA) is 34.0 Å². The Morgan fingerprint density at radius 1 is 0.244 bits per heavy atom. The third kappa shape index (κ3) is 36.1. The van der Waals surface area contributed by atoms with E-state index in [2.05, 4.69) is 165 Å². The van der Waals surface area contributed by atoms with E-state index in [-0.39, 0.29) is 0 Å². The first-order chi connectivity index (χ1) is 34.5. The van der Waals surface area contributed by atoms with E-state index in [1.165, 1.54) is 44.5 Å². The van der Waals surface area contributed by atoms with Crippen LogP contribution in [-0.2, 0) is 26.2 Å². The molecule has 19 aliphatic rings. The zero-order chi connectivity index (χ0) is 59.2. The zero-order valence-electron chi connectivity index (χ0n) is 38.9. The molecule has 78 heavy (non-hydrogen) atoms. The number of nitrogens with zero attached hydrogens (tertiary/aromatic N) is 4. The smallest absolute Gasteiger partial charge is 0.182 e. The van der Waals surface area contributed by atoms with E-state index in [9.17, 15) is 101 Å². The Kier molecular flexibility index (Phi) is 16.4. The summed E-state index contributed by atoms with van der Waals surface area (Å²) in [6.45, 7) is 4.33. The fourth-order valence-corrected chi connectivity index (χ4v) is 6.30. The Morgan fingerprint density at radius 3 is 0.628 bits per heavy atom. The van der Waals surface area contributed by atoms with Crippen LogP contribution in [0.4, 0.5) is 101 Å². The molecule has 4 aromatic heterocycles. The van der Waals surface area contributed by atoms with Gasteiger partial charge in [-0.2, -0.15) is 0 Å². The molecule has 0 atom stereocenters. The molecule has 0 saturated heterocycles. The van der Waals surface area contributed by atoms with Crippen LogP contribution in [0.5, 0.6) is 11.5 Å². The molecule has 0 spiro atoms. The van der Waals surface area contributed by atoms with Gasteiger partial charge in [-0.3, -0.25) is 0 Å². The van der Waals surface area contributed by atoms with Crippen LogP contribution >= 0.6 is 31.2 Å². The normalized spacial score (nSPS) is 16.7. The van der Waals surface area contributed by atoms with Gasteiger partial charge < -0.3 is 9.47 Å². The van der Waals surface area contributed by atoms with E-state index >= 15 is 0 Å². The van der Waals surface area contributed by atoms with Gasteiger partial charge in [-0.25, -0.2) is 18.3 Å². The van der Waals surface area contributed by atoms with Crippen molar-refractivity contribution in [3.63, 3.8) is 0 Å². The van der Waals surface area contributed by atoms with Crippen LogP contribution in [0.2, 0.25) is 0 Å². The summed E-state index contributed by atoms with van der Waals surface area (Å²) in [6.07, 6.45) is 17.1. The second-order valence-electron chi connectivity index (χ2n) is 16.6. The molecule has 0 fully saturated rings. The van der Waals surface area contributed by atoms with Crippen LogP contribution in [0.1, 0.15) is 11.1 Å². The van der Waals surface area contributed by atoms with Crippen LogP contribution in [0.25, 0.3) is 33.4 Å². The number of rotatable bonds is 0. The molecule has 0 aliphatic carbocycles. The van der Waals surface area contributed by atoms with Crippen LogP contribution in [0.15, 0.2) is 171 Å². The second-order valence-corrected chi connectivity index (χ2v) is 24.2. The van der Waals surface area contributed by atoms with Crippen molar-refractivity contribution < 1.29 is 128 Å². The minimum absolute atomic E-state index is 0.582. The monoisotopic (exact) mass is 1240 g/mol. The van der Waals surface area contributed by atoms with Gasteiger partial charge >= 0.3 is 132 Å². The summed E-state index contributed by atoms with van der Waals surface area (Å²) < 4.78 is 258. The first-order valence-electron chi connectivity index (χ1n) is 21.3. The first-order valence-corrected chi connectivity index (χ1v) is 29.4. The second kappa shape index (κ2) is 19.9. The van der Waals surface area contributed by atoms with E-state index in [1.54, 1.807) is 0 Å². The van der Waals surface area contributed by atoms with Crippen molar-refractivity contribution in [2.75, 3.05) is 13.2 Å². The Balaban J connectivity index is 0.000000385. The van der Waals surface area contributed by atoms with Crippen LogP contribution in [0, 0.1) is 0 Å². The van der Waals surface area contributed by atoms with Gasteiger partial charge in [0.15, 0.2) is 75.8 Å². The van der Waals surface area contributed by atoms with Gasteiger partial charge in [0.25, 0.3) is 0 Å². The average Bonchev–Trinajstić information content (AvgIpc) is 3.24. The first kappa shape index (κ1) is 64.4. The Hall–Kier alpha value is -6.10. The summed E-state index contributed by atoms with van der Waals surface area (Å²) in [6, 6.07) is 43.0. The average molecular weight is 1240 g/mol. The van der Waals surface area contributed by atoms with E-state index in [4.69, 9.17) is 9.47 Å². The van der Waals surface area contributed by atoms with Crippen LogP contribution in [-0.4, -0.2) is 13.2 Å². The number of halogens is 24. The van der Waals surface area contributed by atoms with Crippen LogP contribution in [0.3, 0.4) is 0 Å². The van der Waals surface area contributed by atoms with Crippen molar-refractivity contribution in [2.45, 2.75) is 26.2 Å². The molecule has 26 rings (SSSR count). The van der Waals surface area contributed by atoms with Crippen molar-refractivity contribution >= 4 is 31.2 Å². The molecule has 0 amide bonds. The Morgan fingerprint density at radius 2 is 0.423 bits per heavy atom. The summed E-state index contributed by atoms with van der Waals surface area (Å²) in [7, 11) is -42.6. The number of ether oxygens (including phenoxy) is 2. The number of pyridine rings is 4. The maximum atomic E-state index is 9.87. The molecule has 0 saturated carbocycles. The fourth-order valence-electron chi connectivity index (χ4n) is 6.30. The number of aromatic nitrogens is 4. The predicted octanol–water partition coefficient (Wildman–Crippen LogP) is 19.9. The van der Waals surface area contributed by atoms with Crippen molar-refractivity contribution in [1.29, 1.82) is 0 Å². The molecule has 19 aliphatic heterocycles. The molecule has 34 heteroatoms. The molecular formula is C44H40F24N4O2P4. The van der Waals surface area contributed by atoms with Crippen LogP contribution < -0.4 is 27.7 Å². The number of hydrogen-bond acceptors (Lipinski definition) is 2. The SMILES string of the molecule is F[P-](F)(F)(F)(F)F.F[P-](F)(F)(F)(F)F.F[P-](F)(F)(F)(F)F.F[P-](F)(F)(F)(F)F.c1cc2ccc1C[n+]1ccc(cc1)-c1cc[n+](cc1)CCOc1ccc(cc1)OCC[n+]1ccc(cc1)-c1cc[n+](cc1)Cc1ccc-2cc1. The molecule has 0 unspecified atom stereocenters. The van der Waals surface area contributed by atoms with E-state index in [0.717, 1.165) is 37.7 Å². The summed E-state index contributed by atoms with van der Waals surface area (Å²) in [5.74, 6) is 1.67. The van der Waals surface area contributed by atoms with E-state index in [1.807, 2.05) is 24.3 Å². The minimum atomic E-state index is -10.7. The van der Waals surface area contributed by atoms with Crippen molar-refractivity contribution in [3.8, 4) is 44.9 Å². The molecule has 14 bridgehead atoms. The van der Waals surface area contributed by atoms with E-state index in [0.29, 0.717) is 13.2 Å². The quantitative estimate of drug-likeness (QED) is 0.0861. The standard InChI is InChI=1S/C44H40N4O2.4F6P/c1-5-37-6-2-35(1)33-47-25-17-41(18-26-47)39-13-21-45(22-14-39)29-31-49-43-9-11-44(12-10-43)50-32-30-46-23-15-40(16-24-46)42-19-27-48(28-20-42)34-36-3-7-38(37)8-4-36;4*1-7(2,3,4,5)6/h1-28H,29-34H2;;;;/q+4;4*-1. The van der Waals surface area contributed by atoms with Gasteiger partial charge in [-0.05, 0) is 57.6 Å². The van der Waals surface area contributed by atoms with Crippen molar-refractivity contribution in [1.82, 2.24) is 0 Å². The maximum Gasteiger partial charge on any atom is 0.182 e.